The molecule has 0 saturated carbocycles. The van der Waals surface area contributed by atoms with Gasteiger partial charge in [0.25, 0.3) is 0 Å². The average Bonchev–Trinajstić information content (AvgIpc) is 2.71. The number of aryl methyl sites for hydroxylation is 2. The van der Waals surface area contributed by atoms with Crippen LogP contribution in [0.25, 0.3) is 0 Å². The molecule has 0 fully saturated rings. The van der Waals surface area contributed by atoms with Crippen LogP contribution in [0.5, 0.6) is 0 Å². The number of hydrogen-bond acceptors (Lipinski definition) is 3. The van der Waals surface area contributed by atoms with E-state index >= 15 is 0 Å². The molecule has 1 N–H and O–H groups in total. The quantitative estimate of drug-likeness (QED) is 0.907. The molecule has 0 bridgehead atoms. The van der Waals surface area contributed by atoms with Gasteiger partial charge in [0.2, 0.25) is 0 Å². The number of aromatic nitrogens is 3. The van der Waals surface area contributed by atoms with Gasteiger partial charge in [-0.15, -0.1) is 5.10 Å². The largest absolute Gasteiger partial charge is 0.308 e. The van der Waals surface area contributed by atoms with Crippen LogP contribution in [0, 0.1) is 6.92 Å². The van der Waals surface area contributed by atoms with Gasteiger partial charge in [-0.1, -0.05) is 28.9 Å². The van der Waals surface area contributed by atoms with Crippen molar-refractivity contribution in [2.75, 3.05) is 7.05 Å². The normalized spacial score (nSPS) is 12.7. The van der Waals surface area contributed by atoms with Crippen molar-refractivity contribution in [2.45, 2.75) is 13.0 Å². The first-order chi connectivity index (χ1) is 8.13. The second-order valence-electron chi connectivity index (χ2n) is 4.01. The van der Waals surface area contributed by atoms with Gasteiger partial charge >= 0.3 is 0 Å². The molecule has 2 aromatic rings. The molecule has 5 heteroatoms. The van der Waals surface area contributed by atoms with Crippen LogP contribution in [0.3, 0.4) is 0 Å². The second-order valence-corrected chi connectivity index (χ2v) is 4.42. The molecule has 1 unspecified atom stereocenters. The lowest BCUT2D eigenvalue weighted by Gasteiger charge is -2.17. The Morgan fingerprint density at radius 3 is 2.71 bits per heavy atom. The summed E-state index contributed by atoms with van der Waals surface area (Å²) in [4.78, 5) is 0. The van der Waals surface area contributed by atoms with E-state index in [9.17, 15) is 0 Å². The highest BCUT2D eigenvalue weighted by atomic mass is 35.5. The minimum Gasteiger partial charge on any atom is -0.308 e. The van der Waals surface area contributed by atoms with Crippen molar-refractivity contribution in [1.82, 2.24) is 20.3 Å². The summed E-state index contributed by atoms with van der Waals surface area (Å²) in [7, 11) is 3.79. The van der Waals surface area contributed by atoms with E-state index in [1.807, 2.05) is 33.2 Å². The Bertz CT molecular complexity index is 521. The summed E-state index contributed by atoms with van der Waals surface area (Å²) in [5.74, 6) is 0. The van der Waals surface area contributed by atoms with Gasteiger partial charge in [-0.05, 0) is 31.2 Å². The summed E-state index contributed by atoms with van der Waals surface area (Å²) in [6.07, 6.45) is 1.76. The molecule has 1 atom stereocenters. The van der Waals surface area contributed by atoms with Crippen molar-refractivity contribution in [3.8, 4) is 0 Å². The zero-order valence-corrected chi connectivity index (χ0v) is 10.9. The minimum atomic E-state index is 0.0492. The third kappa shape index (κ3) is 2.33. The standard InChI is InChI=1S/C12H15ClN4/c1-8-4-5-9(6-10(8)13)12(14-2)11-7-15-16-17(11)3/h4-7,12,14H,1-3H3. The lowest BCUT2D eigenvalue weighted by Crippen LogP contribution is -2.20. The van der Waals surface area contributed by atoms with E-state index < -0.39 is 0 Å². The number of nitrogens with zero attached hydrogens (tertiary/aromatic N) is 3. The Balaban J connectivity index is 2.42. The van der Waals surface area contributed by atoms with E-state index in [4.69, 9.17) is 11.6 Å². The molecule has 1 aromatic heterocycles. The molecule has 0 aliphatic carbocycles. The molecule has 4 nitrogen and oxygen atoms in total. The first kappa shape index (κ1) is 12.1. The molecule has 0 radical (unpaired) electrons. The molecular weight excluding hydrogens is 236 g/mol. The van der Waals surface area contributed by atoms with Crippen molar-refractivity contribution in [2.24, 2.45) is 7.05 Å². The maximum atomic E-state index is 6.15. The Labute approximate surface area is 106 Å². The van der Waals surface area contributed by atoms with E-state index in [1.54, 1.807) is 10.9 Å². The fraction of sp³-hybridized carbons (Fsp3) is 0.333. The van der Waals surface area contributed by atoms with Gasteiger partial charge in [0.15, 0.2) is 0 Å². The van der Waals surface area contributed by atoms with E-state index in [0.717, 1.165) is 21.8 Å². The molecule has 1 heterocycles. The van der Waals surface area contributed by atoms with Crippen LogP contribution >= 0.6 is 11.6 Å². The molecular formula is C12H15ClN4. The number of benzene rings is 1. The van der Waals surface area contributed by atoms with Crippen LogP contribution in [0.1, 0.15) is 22.9 Å². The van der Waals surface area contributed by atoms with Crippen molar-refractivity contribution in [1.29, 1.82) is 0 Å². The third-order valence-electron chi connectivity index (χ3n) is 2.86. The van der Waals surface area contributed by atoms with Crippen molar-refractivity contribution in [3.05, 3.63) is 46.2 Å². The Morgan fingerprint density at radius 1 is 1.41 bits per heavy atom. The lowest BCUT2D eigenvalue weighted by molar-refractivity contribution is 0.598. The number of halogens is 1. The summed E-state index contributed by atoms with van der Waals surface area (Å²) < 4.78 is 1.76. The van der Waals surface area contributed by atoms with Crippen molar-refractivity contribution < 1.29 is 0 Å². The molecule has 1 aromatic carbocycles. The smallest absolute Gasteiger partial charge is 0.0798 e. The molecule has 0 aliphatic heterocycles. The first-order valence-electron chi connectivity index (χ1n) is 5.41. The second kappa shape index (κ2) is 4.85. The maximum absolute atomic E-state index is 6.15. The molecule has 17 heavy (non-hydrogen) atoms. The van der Waals surface area contributed by atoms with E-state index in [2.05, 4.69) is 21.7 Å². The number of nitrogens with one attached hydrogen (secondary N) is 1. The molecule has 0 aliphatic rings. The summed E-state index contributed by atoms with van der Waals surface area (Å²) in [6.45, 7) is 1.99. The van der Waals surface area contributed by atoms with Crippen LogP contribution < -0.4 is 5.32 Å². The van der Waals surface area contributed by atoms with Crippen LogP contribution in [0.4, 0.5) is 0 Å². The summed E-state index contributed by atoms with van der Waals surface area (Å²) in [5.41, 5.74) is 3.19. The predicted molar refractivity (Wildman–Crippen MR) is 68.1 cm³/mol. The van der Waals surface area contributed by atoms with Gasteiger partial charge in [0, 0.05) is 12.1 Å². The van der Waals surface area contributed by atoms with E-state index in [1.165, 1.54) is 0 Å². The number of hydrogen-bond donors (Lipinski definition) is 1. The third-order valence-corrected chi connectivity index (χ3v) is 3.27. The van der Waals surface area contributed by atoms with Crippen LogP contribution in [0.2, 0.25) is 5.02 Å². The highest BCUT2D eigenvalue weighted by molar-refractivity contribution is 6.31. The van der Waals surface area contributed by atoms with Gasteiger partial charge in [0.05, 0.1) is 17.9 Å². The van der Waals surface area contributed by atoms with Gasteiger partial charge in [-0.3, -0.25) is 4.68 Å². The van der Waals surface area contributed by atoms with Gasteiger partial charge in [-0.25, -0.2) is 0 Å². The summed E-state index contributed by atoms with van der Waals surface area (Å²) >= 11 is 6.15. The Kier molecular flexibility index (Phi) is 3.45. The van der Waals surface area contributed by atoms with Gasteiger partial charge in [0.1, 0.15) is 0 Å². The van der Waals surface area contributed by atoms with E-state index in [-0.39, 0.29) is 6.04 Å². The predicted octanol–water partition coefficient (Wildman–Crippen LogP) is 2.09. The highest BCUT2D eigenvalue weighted by Gasteiger charge is 2.16. The molecule has 90 valence electrons. The zero-order valence-electron chi connectivity index (χ0n) is 10.1. The monoisotopic (exact) mass is 250 g/mol. The van der Waals surface area contributed by atoms with Crippen molar-refractivity contribution >= 4 is 11.6 Å². The fourth-order valence-electron chi connectivity index (χ4n) is 1.83. The summed E-state index contributed by atoms with van der Waals surface area (Å²) in [6, 6.07) is 6.11. The molecule has 0 amide bonds. The van der Waals surface area contributed by atoms with Crippen molar-refractivity contribution in [3.63, 3.8) is 0 Å². The van der Waals surface area contributed by atoms with Crippen LogP contribution in [-0.2, 0) is 7.05 Å². The van der Waals surface area contributed by atoms with Gasteiger partial charge < -0.3 is 5.32 Å². The molecule has 2 rings (SSSR count). The maximum Gasteiger partial charge on any atom is 0.0798 e. The van der Waals surface area contributed by atoms with Gasteiger partial charge in [-0.2, -0.15) is 0 Å². The topological polar surface area (TPSA) is 42.7 Å². The highest BCUT2D eigenvalue weighted by Crippen LogP contribution is 2.25. The van der Waals surface area contributed by atoms with Crippen LogP contribution in [-0.4, -0.2) is 22.0 Å². The number of rotatable bonds is 3. The summed E-state index contributed by atoms with van der Waals surface area (Å²) in [5, 5.41) is 11.9. The lowest BCUT2D eigenvalue weighted by atomic mass is 10.0. The molecule has 0 spiro atoms. The van der Waals surface area contributed by atoms with Crippen LogP contribution in [0.15, 0.2) is 24.4 Å². The SMILES string of the molecule is CNC(c1ccc(C)c(Cl)c1)c1cnnn1C. The first-order valence-corrected chi connectivity index (χ1v) is 5.79. The van der Waals surface area contributed by atoms with E-state index in [0.29, 0.717) is 0 Å². The zero-order chi connectivity index (χ0) is 12.4. The Hall–Kier alpha value is -1.39. The fourth-order valence-corrected chi connectivity index (χ4v) is 2.02. The minimum absolute atomic E-state index is 0.0492. The Morgan fingerprint density at radius 2 is 2.18 bits per heavy atom. The average molecular weight is 251 g/mol. The molecule has 0 saturated heterocycles.